The Balaban J connectivity index is 3.61. The lowest BCUT2D eigenvalue weighted by Crippen LogP contribution is -2.17. The number of ether oxygens (including phenoxy) is 1. The topological polar surface area (TPSA) is 43.4 Å². The lowest BCUT2D eigenvalue weighted by atomic mass is 10.1. The molecule has 17 heavy (non-hydrogen) atoms. The number of hydrogen-bond donors (Lipinski definition) is 0. The number of carbonyl (C=O) groups excluding carboxylic acids is 2. The molecule has 0 saturated heterocycles. The summed E-state index contributed by atoms with van der Waals surface area (Å²) in [6.07, 6.45) is 6.75. The van der Waals surface area contributed by atoms with Gasteiger partial charge >= 0.3 is 5.97 Å². The van der Waals surface area contributed by atoms with Gasteiger partial charge in [0.15, 0.2) is 0 Å². The first kappa shape index (κ1) is 16.1. The lowest BCUT2D eigenvalue weighted by Gasteiger charge is -2.12. The maximum Gasteiger partial charge on any atom is 0.313 e. The van der Waals surface area contributed by atoms with E-state index in [1.807, 2.05) is 13.8 Å². The number of rotatable bonds is 10. The van der Waals surface area contributed by atoms with Crippen LogP contribution in [0.4, 0.5) is 0 Å². The fourth-order valence-electron chi connectivity index (χ4n) is 1.71. The minimum absolute atomic E-state index is 0.0179. The third-order valence-electron chi connectivity index (χ3n) is 2.67. The number of ketones is 1. The second-order valence-electron chi connectivity index (χ2n) is 4.62. The van der Waals surface area contributed by atoms with Crippen LogP contribution in [0.25, 0.3) is 0 Å². The third-order valence-corrected chi connectivity index (χ3v) is 2.67. The molecule has 0 heterocycles. The smallest absolute Gasteiger partial charge is 0.313 e. The van der Waals surface area contributed by atoms with Gasteiger partial charge < -0.3 is 4.74 Å². The molecule has 0 aliphatic heterocycles. The largest absolute Gasteiger partial charge is 0.462 e. The first-order valence-corrected chi connectivity index (χ1v) is 6.81. The minimum Gasteiger partial charge on any atom is -0.462 e. The molecule has 0 radical (unpaired) electrons. The van der Waals surface area contributed by atoms with Crippen LogP contribution in [0.2, 0.25) is 0 Å². The van der Waals surface area contributed by atoms with E-state index in [1.54, 1.807) is 0 Å². The van der Waals surface area contributed by atoms with Crippen molar-refractivity contribution in [3.8, 4) is 0 Å². The van der Waals surface area contributed by atoms with Gasteiger partial charge in [-0.2, -0.15) is 0 Å². The van der Waals surface area contributed by atoms with Gasteiger partial charge in [0.1, 0.15) is 12.2 Å². The summed E-state index contributed by atoms with van der Waals surface area (Å²) in [5.41, 5.74) is 0. The second kappa shape index (κ2) is 10.3. The molecule has 0 saturated carbocycles. The van der Waals surface area contributed by atoms with Crippen LogP contribution in [0, 0.1) is 0 Å². The zero-order valence-corrected chi connectivity index (χ0v) is 11.5. The third kappa shape index (κ3) is 10.0. The fraction of sp³-hybridized carbons (Fsp3) is 0.857. The molecule has 0 aliphatic carbocycles. The molecule has 0 aliphatic rings. The van der Waals surface area contributed by atoms with Gasteiger partial charge in [-0.25, -0.2) is 0 Å². The standard InChI is InChI=1S/C14H26O3/c1-4-6-7-8-10-12(3)17-14(16)11-13(15)9-5-2/h12H,4-11H2,1-3H3/t12-/m1/s1. The molecule has 0 spiro atoms. The van der Waals surface area contributed by atoms with E-state index in [0.717, 1.165) is 19.3 Å². The van der Waals surface area contributed by atoms with Crippen LogP contribution >= 0.6 is 0 Å². The Morgan fingerprint density at radius 3 is 2.35 bits per heavy atom. The number of hydrogen-bond acceptors (Lipinski definition) is 3. The average Bonchev–Trinajstić information content (AvgIpc) is 2.24. The van der Waals surface area contributed by atoms with Crippen molar-refractivity contribution in [2.75, 3.05) is 0 Å². The average molecular weight is 242 g/mol. The molecule has 0 unspecified atom stereocenters. The van der Waals surface area contributed by atoms with Gasteiger partial charge in [0.2, 0.25) is 0 Å². The molecule has 0 bridgehead atoms. The van der Waals surface area contributed by atoms with Crippen LogP contribution < -0.4 is 0 Å². The molecule has 3 heteroatoms. The van der Waals surface area contributed by atoms with E-state index in [1.165, 1.54) is 19.3 Å². The molecule has 0 amide bonds. The van der Waals surface area contributed by atoms with Crippen molar-refractivity contribution >= 4 is 11.8 Å². The molecule has 0 N–H and O–H groups in total. The summed E-state index contributed by atoms with van der Waals surface area (Å²) in [4.78, 5) is 22.6. The molecular formula is C14H26O3. The lowest BCUT2D eigenvalue weighted by molar-refractivity contribution is -0.150. The highest BCUT2D eigenvalue weighted by Crippen LogP contribution is 2.09. The molecule has 0 aromatic heterocycles. The van der Waals surface area contributed by atoms with E-state index in [2.05, 4.69) is 6.92 Å². The van der Waals surface area contributed by atoms with Crippen molar-refractivity contribution < 1.29 is 14.3 Å². The maximum absolute atomic E-state index is 11.4. The van der Waals surface area contributed by atoms with Crippen molar-refractivity contribution in [2.24, 2.45) is 0 Å². The predicted molar refractivity (Wildman–Crippen MR) is 68.8 cm³/mol. The number of carbonyl (C=O) groups is 2. The summed E-state index contributed by atoms with van der Waals surface area (Å²) in [6, 6.07) is 0. The first-order valence-electron chi connectivity index (χ1n) is 6.81. The van der Waals surface area contributed by atoms with Crippen molar-refractivity contribution in [1.29, 1.82) is 0 Å². The Bertz CT molecular complexity index is 224. The zero-order valence-electron chi connectivity index (χ0n) is 11.5. The van der Waals surface area contributed by atoms with Crippen molar-refractivity contribution in [3.63, 3.8) is 0 Å². The monoisotopic (exact) mass is 242 g/mol. The molecular weight excluding hydrogens is 216 g/mol. The SMILES string of the molecule is CCCCCC[C@@H](C)OC(=O)CC(=O)CCC. The van der Waals surface area contributed by atoms with Gasteiger partial charge in [-0.15, -0.1) is 0 Å². The number of esters is 1. The Morgan fingerprint density at radius 1 is 1.06 bits per heavy atom. The molecule has 0 aromatic carbocycles. The van der Waals surface area contributed by atoms with E-state index in [9.17, 15) is 9.59 Å². The molecule has 1 atom stereocenters. The summed E-state index contributed by atoms with van der Waals surface area (Å²) in [5.74, 6) is -0.387. The van der Waals surface area contributed by atoms with Crippen molar-refractivity contribution in [3.05, 3.63) is 0 Å². The first-order chi connectivity index (χ1) is 8.10. The normalized spacial score (nSPS) is 12.2. The zero-order chi connectivity index (χ0) is 13.1. The molecule has 100 valence electrons. The Labute approximate surface area is 105 Å². The van der Waals surface area contributed by atoms with Gasteiger partial charge in [-0.05, 0) is 26.2 Å². The summed E-state index contributed by atoms with van der Waals surface area (Å²) < 4.78 is 5.19. The summed E-state index contributed by atoms with van der Waals surface area (Å²) in [5, 5.41) is 0. The van der Waals surface area contributed by atoms with Crippen LogP contribution in [0.5, 0.6) is 0 Å². The Kier molecular flexibility index (Phi) is 9.78. The van der Waals surface area contributed by atoms with Crippen LogP contribution in [0.1, 0.15) is 72.1 Å². The van der Waals surface area contributed by atoms with Gasteiger partial charge in [0, 0.05) is 6.42 Å². The summed E-state index contributed by atoms with van der Waals surface area (Å²) in [6.45, 7) is 6.00. The van der Waals surface area contributed by atoms with Gasteiger partial charge in [0.05, 0.1) is 6.10 Å². The van der Waals surface area contributed by atoms with Gasteiger partial charge in [0.25, 0.3) is 0 Å². The van der Waals surface area contributed by atoms with E-state index in [4.69, 9.17) is 4.74 Å². The van der Waals surface area contributed by atoms with Crippen LogP contribution in [-0.2, 0) is 14.3 Å². The number of unbranched alkanes of at least 4 members (excludes halogenated alkanes) is 3. The van der Waals surface area contributed by atoms with Crippen LogP contribution in [0.3, 0.4) is 0 Å². The van der Waals surface area contributed by atoms with Gasteiger partial charge in [-0.1, -0.05) is 33.1 Å². The van der Waals surface area contributed by atoms with Crippen LogP contribution in [0.15, 0.2) is 0 Å². The highest BCUT2D eigenvalue weighted by Gasteiger charge is 2.13. The Morgan fingerprint density at radius 2 is 1.76 bits per heavy atom. The number of Topliss-reactive ketones (excluding diaryl/α,β-unsaturated/α-hetero) is 1. The molecule has 0 aromatic rings. The van der Waals surface area contributed by atoms with E-state index < -0.39 is 0 Å². The fourth-order valence-corrected chi connectivity index (χ4v) is 1.71. The van der Waals surface area contributed by atoms with E-state index >= 15 is 0 Å². The van der Waals surface area contributed by atoms with Crippen LogP contribution in [-0.4, -0.2) is 17.9 Å². The second-order valence-corrected chi connectivity index (χ2v) is 4.62. The highest BCUT2D eigenvalue weighted by molar-refractivity contribution is 5.95. The Hall–Kier alpha value is -0.860. The summed E-state index contributed by atoms with van der Waals surface area (Å²) in [7, 11) is 0. The highest BCUT2D eigenvalue weighted by atomic mass is 16.5. The minimum atomic E-state index is -0.369. The predicted octanol–water partition coefficient (Wildman–Crippen LogP) is 3.65. The van der Waals surface area contributed by atoms with E-state index in [0.29, 0.717) is 6.42 Å². The van der Waals surface area contributed by atoms with Crippen molar-refractivity contribution in [2.45, 2.75) is 78.2 Å². The maximum atomic E-state index is 11.4. The molecule has 0 fully saturated rings. The van der Waals surface area contributed by atoms with Crippen molar-refractivity contribution in [1.82, 2.24) is 0 Å². The quantitative estimate of drug-likeness (QED) is 0.333. The van der Waals surface area contributed by atoms with E-state index in [-0.39, 0.29) is 24.3 Å². The van der Waals surface area contributed by atoms with Gasteiger partial charge in [-0.3, -0.25) is 9.59 Å². The summed E-state index contributed by atoms with van der Waals surface area (Å²) >= 11 is 0. The molecule has 3 nitrogen and oxygen atoms in total. The molecule has 0 rings (SSSR count).